The van der Waals surface area contributed by atoms with Gasteiger partial charge in [0.15, 0.2) is 6.23 Å². The van der Waals surface area contributed by atoms with Gasteiger partial charge >= 0.3 is 0 Å². The second kappa shape index (κ2) is 14.7. The van der Waals surface area contributed by atoms with Gasteiger partial charge in [-0.05, 0) is 28.8 Å². The maximum absolute atomic E-state index is 13.9. The van der Waals surface area contributed by atoms with E-state index in [-0.39, 0.29) is 19.8 Å². The molecule has 2 aliphatic heterocycles. The lowest BCUT2D eigenvalue weighted by atomic mass is 9.96. The minimum absolute atomic E-state index is 0.0639. The number of aromatic amines is 1. The Morgan fingerprint density at radius 3 is 1.82 bits per heavy atom. The number of imide groups is 1. The zero-order chi connectivity index (χ0) is 38.5. The third-order valence-corrected chi connectivity index (χ3v) is 11.1. The highest BCUT2D eigenvalue weighted by Crippen LogP contribution is 2.47. The number of nitrogens with zero attached hydrogens (tertiary/aromatic N) is 1. The van der Waals surface area contributed by atoms with Gasteiger partial charge in [-0.15, -0.1) is 0 Å². The summed E-state index contributed by atoms with van der Waals surface area (Å²) >= 11 is 0. The zero-order valence-corrected chi connectivity index (χ0v) is 30.8. The molecule has 2 aliphatic rings. The van der Waals surface area contributed by atoms with Gasteiger partial charge in [-0.1, -0.05) is 127 Å². The fraction of sp³-hybridized carbons (Fsp3) is 0.191. The number of nitrogens with one attached hydrogen (secondary N) is 2. The topological polar surface area (TPSA) is 124 Å². The molecule has 10 rings (SSSR count). The van der Waals surface area contributed by atoms with Crippen LogP contribution in [0.25, 0.3) is 43.6 Å². The minimum Gasteiger partial charge on any atom is -0.387 e. The third kappa shape index (κ3) is 6.19. The number of H-pyrrole nitrogens is 1. The maximum atomic E-state index is 13.9. The van der Waals surface area contributed by atoms with Crippen molar-refractivity contribution in [1.82, 2.24) is 14.9 Å². The van der Waals surface area contributed by atoms with E-state index in [0.717, 1.165) is 38.5 Å². The highest BCUT2D eigenvalue weighted by molar-refractivity contribution is 6.39. The van der Waals surface area contributed by atoms with Crippen molar-refractivity contribution in [3.05, 3.63) is 167 Å². The number of aliphatic hydroxyl groups is 1. The SMILES string of the molecule is O=C1NC(=O)c2c1c1c3ccccc3[nH]c1c1c2c2ccccc2n1[C@@H]1O[C@H](COCc2ccccc2)[C@@H](O)[C@H](OCc2ccccc2)[C@H]1OCc1ccccc1. The molecular formula is C47H39N3O7. The first-order valence-electron chi connectivity index (χ1n) is 19.2. The lowest BCUT2D eigenvalue weighted by molar-refractivity contribution is -0.278. The normalized spacial score (nSPS) is 20.8. The second-order valence-electron chi connectivity index (χ2n) is 14.6. The zero-order valence-electron chi connectivity index (χ0n) is 30.8. The van der Waals surface area contributed by atoms with Crippen LogP contribution < -0.4 is 5.32 Å². The van der Waals surface area contributed by atoms with E-state index in [4.69, 9.17) is 18.9 Å². The summed E-state index contributed by atoms with van der Waals surface area (Å²) in [5, 5.41) is 17.7. The molecule has 10 heteroatoms. The van der Waals surface area contributed by atoms with Crippen LogP contribution in [-0.2, 0) is 38.8 Å². The summed E-state index contributed by atoms with van der Waals surface area (Å²) < 4.78 is 29.0. The van der Waals surface area contributed by atoms with Gasteiger partial charge in [-0.2, -0.15) is 0 Å². The van der Waals surface area contributed by atoms with E-state index in [1.807, 2.05) is 140 Å². The van der Waals surface area contributed by atoms with E-state index in [1.54, 1.807) is 0 Å². The van der Waals surface area contributed by atoms with Crippen molar-refractivity contribution in [2.45, 2.75) is 50.5 Å². The summed E-state index contributed by atoms with van der Waals surface area (Å²) in [6, 6.07) is 45.1. The molecule has 2 amide bonds. The third-order valence-electron chi connectivity index (χ3n) is 11.1. The Morgan fingerprint density at radius 1 is 0.614 bits per heavy atom. The van der Waals surface area contributed by atoms with Crippen LogP contribution in [0.5, 0.6) is 0 Å². The molecular weight excluding hydrogens is 719 g/mol. The van der Waals surface area contributed by atoms with Crippen molar-refractivity contribution in [3.63, 3.8) is 0 Å². The molecule has 3 N–H and O–H groups in total. The summed E-state index contributed by atoms with van der Waals surface area (Å²) in [7, 11) is 0. The van der Waals surface area contributed by atoms with Crippen molar-refractivity contribution in [1.29, 1.82) is 0 Å². The van der Waals surface area contributed by atoms with Gasteiger partial charge in [0.05, 0.1) is 54.1 Å². The number of hydrogen-bond acceptors (Lipinski definition) is 7. The molecule has 5 atom stereocenters. The molecule has 0 saturated carbocycles. The van der Waals surface area contributed by atoms with E-state index in [9.17, 15) is 14.7 Å². The first-order valence-corrected chi connectivity index (χ1v) is 19.2. The van der Waals surface area contributed by atoms with Crippen molar-refractivity contribution in [2.75, 3.05) is 6.61 Å². The Bertz CT molecular complexity index is 2760. The van der Waals surface area contributed by atoms with Crippen molar-refractivity contribution < 1.29 is 33.6 Å². The molecule has 10 nitrogen and oxygen atoms in total. The molecule has 57 heavy (non-hydrogen) atoms. The molecule has 6 aromatic carbocycles. The molecule has 0 spiro atoms. The van der Waals surface area contributed by atoms with E-state index >= 15 is 0 Å². The Morgan fingerprint density at radius 2 is 1.16 bits per heavy atom. The summed E-state index contributed by atoms with van der Waals surface area (Å²) in [6.45, 7) is 0.813. The van der Waals surface area contributed by atoms with Gasteiger partial charge in [0.1, 0.15) is 24.4 Å². The van der Waals surface area contributed by atoms with Gasteiger partial charge in [-0.3, -0.25) is 14.9 Å². The Balaban J connectivity index is 1.19. The van der Waals surface area contributed by atoms with Crippen LogP contribution in [0.1, 0.15) is 43.6 Å². The number of aromatic nitrogens is 2. The van der Waals surface area contributed by atoms with Gasteiger partial charge < -0.3 is 33.6 Å². The standard InChI is InChI=1S/C47H39N3O7/c51-42-35(27-54-24-28-14-4-1-5-15-28)57-47(44(56-26-30-18-8-3-9-19-30)43(42)55-25-29-16-6-2-7-17-29)50-34-23-13-11-21-32(34)37-39-38(45(52)49-46(39)53)36-31-20-10-12-22-33(31)48-40(36)41(37)50/h1-23,35,42-44,47-48,51H,24-27H2,(H,49,52,53)/t35-,42-,43+,44-,47-/m1/s1. The Kier molecular flexibility index (Phi) is 9.13. The molecule has 1 fully saturated rings. The van der Waals surface area contributed by atoms with Crippen LogP contribution in [-0.4, -0.2) is 57.5 Å². The highest BCUT2D eigenvalue weighted by Gasteiger charge is 2.49. The van der Waals surface area contributed by atoms with Crippen LogP contribution >= 0.6 is 0 Å². The molecule has 4 heterocycles. The predicted molar refractivity (Wildman–Crippen MR) is 217 cm³/mol. The number of fused-ring (bicyclic) bond motifs is 10. The molecule has 1 saturated heterocycles. The fourth-order valence-electron chi connectivity index (χ4n) is 8.56. The van der Waals surface area contributed by atoms with Crippen LogP contribution in [0.4, 0.5) is 0 Å². The number of benzene rings is 6. The van der Waals surface area contributed by atoms with Crippen LogP contribution in [0, 0.1) is 0 Å². The van der Waals surface area contributed by atoms with Gasteiger partial charge in [0.25, 0.3) is 11.8 Å². The lowest BCUT2D eigenvalue weighted by Gasteiger charge is -2.45. The average Bonchev–Trinajstić information content (AvgIpc) is 3.90. The molecule has 0 unspecified atom stereocenters. The van der Waals surface area contributed by atoms with E-state index < -0.39 is 42.5 Å². The predicted octanol–water partition coefficient (Wildman–Crippen LogP) is 7.96. The molecule has 2 aromatic heterocycles. The smallest absolute Gasteiger partial charge is 0.259 e. The quantitative estimate of drug-likeness (QED) is 0.114. The molecule has 284 valence electrons. The summed E-state index contributed by atoms with van der Waals surface area (Å²) in [5.74, 6) is -0.891. The van der Waals surface area contributed by atoms with Crippen molar-refractivity contribution >= 4 is 55.4 Å². The Hall–Kier alpha value is -6.14. The fourth-order valence-corrected chi connectivity index (χ4v) is 8.56. The highest BCUT2D eigenvalue weighted by atomic mass is 16.6. The van der Waals surface area contributed by atoms with Crippen molar-refractivity contribution in [2.24, 2.45) is 0 Å². The van der Waals surface area contributed by atoms with Gasteiger partial charge in [0, 0.05) is 27.1 Å². The minimum atomic E-state index is -1.14. The lowest BCUT2D eigenvalue weighted by Crippen LogP contribution is -2.58. The molecule has 8 aromatic rings. The number of ether oxygens (including phenoxy) is 4. The number of carbonyl (C=O) groups excluding carboxylic acids is 2. The number of para-hydroxylation sites is 2. The van der Waals surface area contributed by atoms with Crippen LogP contribution in [0.3, 0.4) is 0 Å². The maximum Gasteiger partial charge on any atom is 0.259 e. The monoisotopic (exact) mass is 757 g/mol. The number of amides is 2. The largest absolute Gasteiger partial charge is 0.387 e. The number of aliphatic hydroxyl groups excluding tert-OH is 1. The van der Waals surface area contributed by atoms with Crippen molar-refractivity contribution in [3.8, 4) is 0 Å². The van der Waals surface area contributed by atoms with E-state index in [0.29, 0.717) is 39.5 Å². The summed E-state index contributed by atoms with van der Waals surface area (Å²) in [5.41, 5.74) is 6.46. The first-order chi connectivity index (χ1) is 28.0. The summed E-state index contributed by atoms with van der Waals surface area (Å²) in [6.07, 6.45) is -4.64. The molecule has 0 aliphatic carbocycles. The Labute approximate surface area is 327 Å². The van der Waals surface area contributed by atoms with E-state index in [1.165, 1.54) is 0 Å². The van der Waals surface area contributed by atoms with Gasteiger partial charge in [0.2, 0.25) is 0 Å². The number of carbonyl (C=O) groups is 2. The van der Waals surface area contributed by atoms with Crippen LogP contribution in [0.15, 0.2) is 140 Å². The molecule has 0 bridgehead atoms. The second-order valence-corrected chi connectivity index (χ2v) is 14.6. The van der Waals surface area contributed by atoms with Gasteiger partial charge in [-0.25, -0.2) is 0 Å². The van der Waals surface area contributed by atoms with E-state index in [2.05, 4.69) is 14.9 Å². The number of rotatable bonds is 11. The average molecular weight is 758 g/mol. The molecule has 0 radical (unpaired) electrons. The number of hydrogen-bond donors (Lipinski definition) is 3. The first kappa shape index (κ1) is 35.3. The van der Waals surface area contributed by atoms with Crippen LogP contribution in [0.2, 0.25) is 0 Å². The summed E-state index contributed by atoms with van der Waals surface area (Å²) in [4.78, 5) is 31.1.